The summed E-state index contributed by atoms with van der Waals surface area (Å²) in [7, 11) is 0. The Morgan fingerprint density at radius 3 is 2.59 bits per heavy atom. The number of rotatable bonds is 3. The minimum absolute atomic E-state index is 0.294. The number of para-hydroxylation sites is 1. The first-order valence-corrected chi connectivity index (χ1v) is 8.41. The predicted molar refractivity (Wildman–Crippen MR) is 98.2 cm³/mol. The molecule has 2 aromatic heterocycles. The zero-order valence-corrected chi connectivity index (χ0v) is 14.6. The summed E-state index contributed by atoms with van der Waals surface area (Å²) in [6, 6.07) is 13.1. The average Bonchev–Trinajstić information content (AvgIpc) is 3.14. The van der Waals surface area contributed by atoms with Crippen molar-refractivity contribution in [3.63, 3.8) is 0 Å². The first-order valence-electron chi connectivity index (χ1n) is 8.41. The number of benzene rings is 2. The summed E-state index contributed by atoms with van der Waals surface area (Å²) in [6.07, 6.45) is -2.56. The van der Waals surface area contributed by atoms with Crippen LogP contribution in [0.3, 0.4) is 0 Å². The standard InChI is InChI=1S/C20H12F4N4O/c21-15-5-1-2-6-17(15)28-18(20(22,23)24)14(11-26-28)19(29)27-13-7-8-16-12(10-13)4-3-9-25-16/h1-11H,(H,27,29). The van der Waals surface area contributed by atoms with Crippen molar-refractivity contribution in [3.05, 3.63) is 84.1 Å². The summed E-state index contributed by atoms with van der Waals surface area (Å²) in [6.45, 7) is 0. The Bertz CT molecular complexity index is 1220. The quantitative estimate of drug-likeness (QED) is 0.501. The summed E-state index contributed by atoms with van der Waals surface area (Å²) < 4.78 is 55.5. The van der Waals surface area contributed by atoms with Crippen LogP contribution in [0.25, 0.3) is 16.6 Å². The van der Waals surface area contributed by atoms with E-state index in [-0.39, 0.29) is 0 Å². The number of hydrogen-bond acceptors (Lipinski definition) is 3. The zero-order valence-electron chi connectivity index (χ0n) is 14.6. The smallest absolute Gasteiger partial charge is 0.322 e. The molecule has 9 heteroatoms. The van der Waals surface area contributed by atoms with Crippen molar-refractivity contribution < 1.29 is 22.4 Å². The van der Waals surface area contributed by atoms with E-state index in [1.54, 1.807) is 30.5 Å². The molecule has 0 unspecified atom stereocenters. The van der Waals surface area contributed by atoms with E-state index in [0.29, 0.717) is 21.3 Å². The van der Waals surface area contributed by atoms with Crippen molar-refractivity contribution in [1.82, 2.24) is 14.8 Å². The van der Waals surface area contributed by atoms with Crippen LogP contribution in [0.15, 0.2) is 67.0 Å². The Morgan fingerprint density at radius 2 is 1.83 bits per heavy atom. The average molecular weight is 400 g/mol. The van der Waals surface area contributed by atoms with Gasteiger partial charge in [0.25, 0.3) is 5.91 Å². The Hall–Kier alpha value is -3.75. The number of amides is 1. The van der Waals surface area contributed by atoms with E-state index in [9.17, 15) is 22.4 Å². The van der Waals surface area contributed by atoms with Gasteiger partial charge in [-0.3, -0.25) is 9.78 Å². The van der Waals surface area contributed by atoms with Gasteiger partial charge < -0.3 is 5.32 Å². The van der Waals surface area contributed by atoms with Gasteiger partial charge in [-0.15, -0.1) is 0 Å². The Morgan fingerprint density at radius 1 is 1.03 bits per heavy atom. The van der Waals surface area contributed by atoms with Crippen molar-refractivity contribution in [2.45, 2.75) is 6.18 Å². The number of anilines is 1. The van der Waals surface area contributed by atoms with Gasteiger partial charge >= 0.3 is 6.18 Å². The van der Waals surface area contributed by atoms with E-state index in [4.69, 9.17) is 0 Å². The van der Waals surface area contributed by atoms with Gasteiger partial charge in [0, 0.05) is 17.3 Å². The second kappa shape index (κ2) is 7.01. The fourth-order valence-corrected chi connectivity index (χ4v) is 2.95. The lowest BCUT2D eigenvalue weighted by molar-refractivity contribution is -0.143. The molecule has 4 aromatic rings. The first kappa shape index (κ1) is 18.6. The van der Waals surface area contributed by atoms with Gasteiger partial charge in [-0.1, -0.05) is 18.2 Å². The number of nitrogens with one attached hydrogen (secondary N) is 1. The maximum absolute atomic E-state index is 14.0. The summed E-state index contributed by atoms with van der Waals surface area (Å²) in [5.41, 5.74) is -1.51. The molecule has 1 N–H and O–H groups in total. The molecule has 1 amide bonds. The second-order valence-corrected chi connectivity index (χ2v) is 6.13. The van der Waals surface area contributed by atoms with E-state index in [1.807, 2.05) is 0 Å². The number of carbonyl (C=O) groups is 1. The third-order valence-corrected chi connectivity index (χ3v) is 4.22. The van der Waals surface area contributed by atoms with Crippen LogP contribution in [0.1, 0.15) is 16.1 Å². The second-order valence-electron chi connectivity index (χ2n) is 6.13. The van der Waals surface area contributed by atoms with Crippen molar-refractivity contribution in [1.29, 1.82) is 0 Å². The number of pyridine rings is 1. The first-order chi connectivity index (χ1) is 13.8. The minimum Gasteiger partial charge on any atom is -0.322 e. The number of fused-ring (bicyclic) bond motifs is 1. The van der Waals surface area contributed by atoms with Crippen LogP contribution in [0.4, 0.5) is 23.2 Å². The van der Waals surface area contributed by atoms with Crippen LogP contribution in [-0.2, 0) is 6.18 Å². The molecule has 0 saturated carbocycles. The van der Waals surface area contributed by atoms with E-state index < -0.39 is 34.8 Å². The highest BCUT2D eigenvalue weighted by atomic mass is 19.4. The normalized spacial score (nSPS) is 11.6. The fourth-order valence-electron chi connectivity index (χ4n) is 2.95. The van der Waals surface area contributed by atoms with Crippen molar-refractivity contribution >= 4 is 22.5 Å². The lowest BCUT2D eigenvalue weighted by Crippen LogP contribution is -2.21. The van der Waals surface area contributed by atoms with Gasteiger partial charge in [-0.2, -0.15) is 18.3 Å². The number of carbonyl (C=O) groups excluding carboxylic acids is 1. The monoisotopic (exact) mass is 400 g/mol. The molecule has 0 aliphatic carbocycles. The molecule has 2 aromatic carbocycles. The molecule has 0 bridgehead atoms. The third-order valence-electron chi connectivity index (χ3n) is 4.22. The molecule has 5 nitrogen and oxygen atoms in total. The Kier molecular flexibility index (Phi) is 4.50. The number of hydrogen-bond donors (Lipinski definition) is 1. The van der Waals surface area contributed by atoms with E-state index >= 15 is 0 Å². The number of alkyl halides is 3. The number of nitrogens with zero attached hydrogens (tertiary/aromatic N) is 3. The Labute approximate surface area is 161 Å². The topological polar surface area (TPSA) is 59.8 Å². The maximum Gasteiger partial charge on any atom is 0.434 e. The van der Waals surface area contributed by atoms with Crippen LogP contribution in [-0.4, -0.2) is 20.7 Å². The molecule has 0 fully saturated rings. The van der Waals surface area contributed by atoms with Crippen LogP contribution in [0.5, 0.6) is 0 Å². The number of halogens is 4. The lowest BCUT2D eigenvalue weighted by Gasteiger charge is -2.13. The summed E-state index contributed by atoms with van der Waals surface area (Å²) in [4.78, 5) is 16.7. The van der Waals surface area contributed by atoms with E-state index in [0.717, 1.165) is 18.3 Å². The SMILES string of the molecule is O=C(Nc1ccc2ncccc2c1)c1cnn(-c2ccccc2F)c1C(F)(F)F. The fraction of sp³-hybridized carbons (Fsp3) is 0.0500. The predicted octanol–water partition coefficient (Wildman–Crippen LogP) is 4.83. The van der Waals surface area contributed by atoms with Gasteiger partial charge in [-0.25, -0.2) is 9.07 Å². The molecule has 2 heterocycles. The van der Waals surface area contributed by atoms with Crippen molar-refractivity contribution in [2.75, 3.05) is 5.32 Å². The highest BCUT2D eigenvalue weighted by Gasteiger charge is 2.41. The van der Waals surface area contributed by atoms with Crippen LogP contribution >= 0.6 is 0 Å². The molecule has 29 heavy (non-hydrogen) atoms. The highest BCUT2D eigenvalue weighted by Crippen LogP contribution is 2.34. The summed E-state index contributed by atoms with van der Waals surface area (Å²) in [5, 5.41) is 6.75. The van der Waals surface area contributed by atoms with E-state index in [1.165, 1.54) is 18.2 Å². The lowest BCUT2D eigenvalue weighted by atomic mass is 10.1. The van der Waals surface area contributed by atoms with Crippen molar-refractivity contribution in [2.24, 2.45) is 0 Å². The largest absolute Gasteiger partial charge is 0.434 e. The van der Waals surface area contributed by atoms with Crippen LogP contribution < -0.4 is 5.32 Å². The molecule has 146 valence electrons. The molecule has 0 atom stereocenters. The molecule has 4 rings (SSSR count). The Balaban J connectivity index is 1.74. The molecular weight excluding hydrogens is 388 g/mol. The number of aromatic nitrogens is 3. The van der Waals surface area contributed by atoms with Crippen molar-refractivity contribution in [3.8, 4) is 5.69 Å². The van der Waals surface area contributed by atoms with E-state index in [2.05, 4.69) is 15.4 Å². The van der Waals surface area contributed by atoms with Gasteiger partial charge in [0.1, 0.15) is 11.5 Å². The van der Waals surface area contributed by atoms with Gasteiger partial charge in [0.15, 0.2) is 5.69 Å². The molecule has 0 saturated heterocycles. The maximum atomic E-state index is 14.0. The zero-order chi connectivity index (χ0) is 20.6. The molecular formula is C20H12F4N4O. The molecule has 0 spiro atoms. The molecule has 0 aliphatic rings. The van der Waals surface area contributed by atoms with Gasteiger partial charge in [0.05, 0.1) is 17.3 Å². The summed E-state index contributed by atoms with van der Waals surface area (Å²) >= 11 is 0. The van der Waals surface area contributed by atoms with Crippen LogP contribution in [0, 0.1) is 5.82 Å². The highest BCUT2D eigenvalue weighted by molar-refractivity contribution is 6.06. The van der Waals surface area contributed by atoms with Crippen LogP contribution in [0.2, 0.25) is 0 Å². The van der Waals surface area contributed by atoms with Gasteiger partial charge in [0.2, 0.25) is 0 Å². The molecule has 0 radical (unpaired) electrons. The minimum atomic E-state index is -4.93. The van der Waals surface area contributed by atoms with Gasteiger partial charge in [-0.05, 0) is 36.4 Å². The summed E-state index contributed by atoms with van der Waals surface area (Å²) in [5.74, 6) is -1.90. The molecule has 0 aliphatic heterocycles. The third kappa shape index (κ3) is 3.54.